The molecule has 1 fully saturated rings. The molecule has 1 saturated carbocycles. The van der Waals surface area contributed by atoms with Crippen molar-refractivity contribution in [2.45, 2.75) is 35.4 Å². The molecule has 6 heteroatoms. The second kappa shape index (κ2) is 7.33. The predicted octanol–water partition coefficient (Wildman–Crippen LogP) is 4.37. The summed E-state index contributed by atoms with van der Waals surface area (Å²) in [5.41, 5.74) is 0. The van der Waals surface area contributed by atoms with E-state index in [-0.39, 0.29) is 5.82 Å². The normalized spacial score (nSPS) is 14.2. The summed E-state index contributed by atoms with van der Waals surface area (Å²) in [6.07, 6.45) is 4.34. The van der Waals surface area contributed by atoms with Gasteiger partial charge in [0.25, 0.3) is 0 Å². The van der Waals surface area contributed by atoms with E-state index in [0.29, 0.717) is 5.92 Å². The molecule has 1 heterocycles. The maximum atomic E-state index is 12.8. The Morgan fingerprint density at radius 1 is 1.18 bits per heavy atom. The van der Waals surface area contributed by atoms with Crippen molar-refractivity contribution < 1.29 is 4.39 Å². The van der Waals surface area contributed by atoms with Crippen LogP contribution in [0.15, 0.2) is 47.0 Å². The fraction of sp³-hybridized carbons (Fsp3) is 0.375. The highest BCUT2D eigenvalue weighted by molar-refractivity contribution is 8.02. The first kappa shape index (κ1) is 15.6. The summed E-state index contributed by atoms with van der Waals surface area (Å²) in [6.45, 7) is 4.59. The van der Waals surface area contributed by atoms with Crippen molar-refractivity contribution in [1.82, 2.24) is 14.8 Å². The van der Waals surface area contributed by atoms with Crippen molar-refractivity contribution >= 4 is 23.5 Å². The zero-order valence-electron chi connectivity index (χ0n) is 12.2. The van der Waals surface area contributed by atoms with Crippen molar-refractivity contribution in [2.75, 3.05) is 11.5 Å². The minimum absolute atomic E-state index is 0.191. The van der Waals surface area contributed by atoms with Crippen LogP contribution in [0.25, 0.3) is 0 Å². The number of halogens is 1. The molecule has 3 rings (SSSR count). The molecule has 0 spiro atoms. The Balaban J connectivity index is 1.52. The van der Waals surface area contributed by atoms with Gasteiger partial charge in [-0.05, 0) is 37.1 Å². The summed E-state index contributed by atoms with van der Waals surface area (Å²) in [5.74, 6) is 3.41. The maximum Gasteiger partial charge on any atom is 0.191 e. The first-order chi connectivity index (χ1) is 10.8. The zero-order valence-corrected chi connectivity index (χ0v) is 13.9. The monoisotopic (exact) mass is 335 g/mol. The Bertz CT molecular complexity index is 635. The molecule has 0 aliphatic heterocycles. The van der Waals surface area contributed by atoms with E-state index in [1.165, 1.54) is 25.0 Å². The van der Waals surface area contributed by atoms with Crippen molar-refractivity contribution in [3.8, 4) is 0 Å². The van der Waals surface area contributed by atoms with E-state index in [1.54, 1.807) is 23.5 Å². The third kappa shape index (κ3) is 3.93. The van der Waals surface area contributed by atoms with E-state index in [4.69, 9.17) is 0 Å². The van der Waals surface area contributed by atoms with Gasteiger partial charge in [0.1, 0.15) is 11.6 Å². The quantitative estimate of drug-likeness (QED) is 0.407. The van der Waals surface area contributed by atoms with Gasteiger partial charge in [0.15, 0.2) is 5.16 Å². The van der Waals surface area contributed by atoms with Gasteiger partial charge in [-0.2, -0.15) is 0 Å². The zero-order chi connectivity index (χ0) is 15.4. The van der Waals surface area contributed by atoms with Crippen molar-refractivity contribution in [3.63, 3.8) is 0 Å². The fourth-order valence-corrected chi connectivity index (χ4v) is 4.01. The molecule has 2 aromatic rings. The Morgan fingerprint density at radius 2 is 1.91 bits per heavy atom. The van der Waals surface area contributed by atoms with E-state index in [2.05, 4.69) is 21.3 Å². The number of thioether (sulfide) groups is 2. The molecular weight excluding hydrogens is 317 g/mol. The number of allylic oxidation sites excluding steroid dienone is 1. The van der Waals surface area contributed by atoms with Crippen LogP contribution in [0.1, 0.15) is 24.6 Å². The Hall–Kier alpha value is -1.27. The van der Waals surface area contributed by atoms with Gasteiger partial charge in [-0.25, -0.2) is 4.39 Å². The van der Waals surface area contributed by atoms with Crippen LogP contribution in [0.2, 0.25) is 0 Å². The highest BCUT2D eigenvalue weighted by atomic mass is 32.2. The van der Waals surface area contributed by atoms with E-state index >= 15 is 0 Å². The van der Waals surface area contributed by atoms with Gasteiger partial charge in [0.05, 0.1) is 0 Å². The summed E-state index contributed by atoms with van der Waals surface area (Å²) >= 11 is 3.45. The number of nitrogens with zero attached hydrogens (tertiary/aromatic N) is 3. The minimum Gasteiger partial charge on any atom is -0.302 e. The van der Waals surface area contributed by atoms with Crippen LogP contribution in [0.4, 0.5) is 4.39 Å². The molecule has 0 bridgehead atoms. The van der Waals surface area contributed by atoms with Crippen molar-refractivity contribution in [2.24, 2.45) is 0 Å². The standard InChI is InChI=1S/C16H18FN3S2/c1-2-9-20-15(12-3-4-12)18-19-16(20)22-11-10-21-14-7-5-13(17)6-8-14/h2,5-8,12H,1,3-4,9-11H2. The number of aromatic nitrogens is 3. The predicted molar refractivity (Wildman–Crippen MR) is 90.0 cm³/mol. The smallest absolute Gasteiger partial charge is 0.191 e. The summed E-state index contributed by atoms with van der Waals surface area (Å²) in [4.78, 5) is 1.09. The summed E-state index contributed by atoms with van der Waals surface area (Å²) in [6, 6.07) is 6.63. The van der Waals surface area contributed by atoms with Gasteiger partial charge in [0.2, 0.25) is 0 Å². The van der Waals surface area contributed by atoms with Crippen LogP contribution in [0.5, 0.6) is 0 Å². The molecule has 116 valence electrons. The molecule has 0 unspecified atom stereocenters. The third-order valence-electron chi connectivity index (χ3n) is 3.40. The van der Waals surface area contributed by atoms with Gasteiger partial charge in [0, 0.05) is 28.9 Å². The lowest BCUT2D eigenvalue weighted by molar-refractivity contribution is 0.626. The molecule has 1 aromatic carbocycles. The Kier molecular flexibility index (Phi) is 5.20. The molecule has 0 amide bonds. The van der Waals surface area contributed by atoms with Crippen molar-refractivity contribution in [1.29, 1.82) is 0 Å². The van der Waals surface area contributed by atoms with E-state index in [0.717, 1.165) is 33.9 Å². The van der Waals surface area contributed by atoms with Crippen LogP contribution in [-0.4, -0.2) is 26.3 Å². The molecule has 1 aliphatic rings. The van der Waals surface area contributed by atoms with Crippen LogP contribution < -0.4 is 0 Å². The third-order valence-corrected chi connectivity index (χ3v) is 5.64. The van der Waals surface area contributed by atoms with Gasteiger partial charge in [-0.15, -0.1) is 28.5 Å². The van der Waals surface area contributed by atoms with Gasteiger partial charge in [-0.3, -0.25) is 0 Å². The topological polar surface area (TPSA) is 30.7 Å². The summed E-state index contributed by atoms with van der Waals surface area (Å²) in [5, 5.41) is 9.63. The summed E-state index contributed by atoms with van der Waals surface area (Å²) < 4.78 is 15.0. The van der Waals surface area contributed by atoms with Crippen LogP contribution >= 0.6 is 23.5 Å². The minimum atomic E-state index is -0.191. The Labute approximate surface area is 138 Å². The molecule has 1 aliphatic carbocycles. The number of hydrogen-bond donors (Lipinski definition) is 0. The van der Waals surface area contributed by atoms with Gasteiger partial charge in [-0.1, -0.05) is 17.8 Å². The average molecular weight is 335 g/mol. The second-order valence-corrected chi connectivity index (χ2v) is 7.40. The summed E-state index contributed by atoms with van der Waals surface area (Å²) in [7, 11) is 0. The van der Waals surface area contributed by atoms with E-state index < -0.39 is 0 Å². The van der Waals surface area contributed by atoms with Gasteiger partial charge >= 0.3 is 0 Å². The Morgan fingerprint density at radius 3 is 2.59 bits per heavy atom. The molecule has 22 heavy (non-hydrogen) atoms. The molecular formula is C16H18FN3S2. The highest BCUT2D eigenvalue weighted by Gasteiger charge is 2.29. The largest absolute Gasteiger partial charge is 0.302 e. The van der Waals surface area contributed by atoms with Crippen LogP contribution in [0.3, 0.4) is 0 Å². The van der Waals surface area contributed by atoms with Gasteiger partial charge < -0.3 is 4.57 Å². The number of rotatable bonds is 8. The average Bonchev–Trinajstić information content (AvgIpc) is 3.29. The lowest BCUT2D eigenvalue weighted by atomic mass is 10.4. The van der Waals surface area contributed by atoms with Crippen LogP contribution in [0, 0.1) is 5.82 Å². The molecule has 0 atom stereocenters. The fourth-order valence-electron chi connectivity index (χ4n) is 2.17. The molecule has 0 radical (unpaired) electrons. The van der Waals surface area contributed by atoms with E-state index in [1.807, 2.05) is 18.2 Å². The molecule has 3 nitrogen and oxygen atoms in total. The lowest BCUT2D eigenvalue weighted by Crippen LogP contribution is -2.03. The number of hydrogen-bond acceptors (Lipinski definition) is 4. The molecule has 0 saturated heterocycles. The van der Waals surface area contributed by atoms with E-state index in [9.17, 15) is 4.39 Å². The second-order valence-electron chi connectivity index (χ2n) is 5.17. The SMILES string of the molecule is C=CCn1c(SCCSc2ccc(F)cc2)nnc1C1CC1. The van der Waals surface area contributed by atoms with Crippen LogP contribution in [-0.2, 0) is 6.54 Å². The molecule has 0 N–H and O–H groups in total. The first-order valence-electron chi connectivity index (χ1n) is 7.33. The first-order valence-corrected chi connectivity index (χ1v) is 9.30. The number of benzene rings is 1. The molecule has 1 aromatic heterocycles. The van der Waals surface area contributed by atoms with Crippen molar-refractivity contribution in [3.05, 3.63) is 48.6 Å². The maximum absolute atomic E-state index is 12.8. The highest BCUT2D eigenvalue weighted by Crippen LogP contribution is 2.40. The lowest BCUT2D eigenvalue weighted by Gasteiger charge is -2.06.